The highest BCUT2D eigenvalue weighted by Crippen LogP contribution is 2.23. The topological polar surface area (TPSA) is 91.5 Å². The zero-order valence-corrected chi connectivity index (χ0v) is 15.6. The Morgan fingerprint density at radius 1 is 1.29 bits per heavy atom. The molecular weight excluding hydrogens is 304 g/mol. The summed E-state index contributed by atoms with van der Waals surface area (Å²) in [7, 11) is 1.00. The summed E-state index contributed by atoms with van der Waals surface area (Å²) in [6.45, 7) is 10.7. The Hall–Kier alpha value is -1.66. The van der Waals surface area contributed by atoms with Gasteiger partial charge in [0.1, 0.15) is 0 Å². The van der Waals surface area contributed by atoms with Crippen molar-refractivity contribution in [2.45, 2.75) is 46.5 Å². The van der Waals surface area contributed by atoms with Crippen LogP contribution in [0.3, 0.4) is 0 Å². The van der Waals surface area contributed by atoms with Gasteiger partial charge in [-0.1, -0.05) is 20.3 Å². The molecule has 1 fully saturated rings. The lowest BCUT2D eigenvalue weighted by molar-refractivity contribution is -0.118. The molecule has 1 aliphatic rings. The molecule has 0 spiro atoms. The van der Waals surface area contributed by atoms with Crippen molar-refractivity contribution in [3.63, 3.8) is 0 Å². The number of primary amides is 1. The third-order valence-electron chi connectivity index (χ3n) is 3.70. The molecule has 6 nitrogen and oxygen atoms in total. The summed E-state index contributed by atoms with van der Waals surface area (Å²) < 4.78 is 0. The summed E-state index contributed by atoms with van der Waals surface area (Å²) >= 11 is 0. The molecule has 1 amide bonds. The van der Waals surface area contributed by atoms with E-state index >= 15 is 0 Å². The molecule has 6 heteroatoms. The number of pyridine rings is 1. The maximum absolute atomic E-state index is 9.82. The molecule has 0 atom stereocenters. The zero-order chi connectivity index (χ0) is 18.4. The largest absolute Gasteiger partial charge is 0.400 e. The van der Waals surface area contributed by atoms with Crippen molar-refractivity contribution < 1.29 is 9.90 Å². The van der Waals surface area contributed by atoms with Gasteiger partial charge in [-0.25, -0.2) is 0 Å². The monoisotopic (exact) mass is 338 g/mol. The number of nitrogens with two attached hydrogens (primary N) is 1. The summed E-state index contributed by atoms with van der Waals surface area (Å²) in [6, 6.07) is 2.17. The number of carbonyl (C=O) groups excluding carboxylic acids is 1. The second-order valence-corrected chi connectivity index (χ2v) is 5.60. The number of aliphatic hydroxyl groups excluding tert-OH is 1. The second kappa shape index (κ2) is 13.7. The average Bonchev–Trinajstić information content (AvgIpc) is 2.60. The van der Waals surface area contributed by atoms with E-state index in [2.05, 4.69) is 35.1 Å². The molecule has 1 aromatic heterocycles. The van der Waals surface area contributed by atoms with E-state index in [9.17, 15) is 4.79 Å². The number of carbonyl (C=O) groups is 1. The Bertz CT molecular complexity index is 460. The normalized spacial score (nSPS) is 13.3. The van der Waals surface area contributed by atoms with E-state index in [1.54, 1.807) is 0 Å². The number of nitrogens with one attached hydrogen (secondary N) is 1. The summed E-state index contributed by atoms with van der Waals surface area (Å²) in [4.78, 5) is 16.7. The summed E-state index contributed by atoms with van der Waals surface area (Å²) in [6.07, 6.45) is 5.63. The molecule has 4 N–H and O–H groups in total. The van der Waals surface area contributed by atoms with Crippen molar-refractivity contribution in [2.75, 3.05) is 38.2 Å². The minimum Gasteiger partial charge on any atom is -0.400 e. The van der Waals surface area contributed by atoms with Crippen molar-refractivity contribution in [1.29, 1.82) is 0 Å². The average molecular weight is 338 g/mol. The van der Waals surface area contributed by atoms with Crippen molar-refractivity contribution in [2.24, 2.45) is 5.73 Å². The smallest absolute Gasteiger partial charge is 0.217 e. The standard InChI is InChI=1S/C13H21N3.C4H9NO.CH4O/c1-3-4-12-11(2)15-6-5-13(12)16-9-7-14-8-10-16;1-2-3-4(5)6;1-2/h5-6,14H,3-4,7-10H2,1-2H3;2-3H2,1H3,(H2,5,6);2H,1H3. The van der Waals surface area contributed by atoms with Crippen LogP contribution in [0.2, 0.25) is 0 Å². The number of aromatic nitrogens is 1. The number of rotatable bonds is 5. The van der Waals surface area contributed by atoms with E-state index < -0.39 is 0 Å². The summed E-state index contributed by atoms with van der Waals surface area (Å²) in [5.41, 5.74) is 8.79. The van der Waals surface area contributed by atoms with E-state index in [-0.39, 0.29) is 5.91 Å². The highest BCUT2D eigenvalue weighted by molar-refractivity contribution is 5.73. The maximum Gasteiger partial charge on any atom is 0.217 e. The van der Waals surface area contributed by atoms with E-state index in [0.717, 1.165) is 46.1 Å². The fraction of sp³-hybridized carbons (Fsp3) is 0.667. The molecule has 2 rings (SSSR count). The van der Waals surface area contributed by atoms with Gasteiger partial charge < -0.3 is 21.1 Å². The number of nitrogens with zero attached hydrogens (tertiary/aromatic N) is 2. The number of aryl methyl sites for hydroxylation is 1. The third kappa shape index (κ3) is 8.26. The van der Waals surface area contributed by atoms with Crippen LogP contribution in [0.4, 0.5) is 5.69 Å². The molecular formula is C18H34N4O2. The van der Waals surface area contributed by atoms with Gasteiger partial charge in [0.15, 0.2) is 0 Å². The van der Waals surface area contributed by atoms with Crippen LogP contribution in [-0.2, 0) is 11.2 Å². The molecule has 0 bridgehead atoms. The van der Waals surface area contributed by atoms with Crippen LogP contribution in [0.15, 0.2) is 12.3 Å². The minimum absolute atomic E-state index is 0.211. The molecule has 0 saturated carbocycles. The summed E-state index contributed by atoms with van der Waals surface area (Å²) in [5, 5.41) is 10.4. The van der Waals surface area contributed by atoms with Crippen LogP contribution < -0.4 is 16.0 Å². The molecule has 0 aliphatic carbocycles. The van der Waals surface area contributed by atoms with Gasteiger partial charge >= 0.3 is 0 Å². The highest BCUT2D eigenvalue weighted by Gasteiger charge is 2.15. The van der Waals surface area contributed by atoms with E-state index in [4.69, 9.17) is 10.8 Å². The number of hydrogen-bond acceptors (Lipinski definition) is 5. The molecule has 0 radical (unpaired) electrons. The number of anilines is 1. The van der Waals surface area contributed by atoms with E-state index in [0.29, 0.717) is 6.42 Å². The molecule has 1 saturated heterocycles. The van der Waals surface area contributed by atoms with Crippen LogP contribution in [0.5, 0.6) is 0 Å². The Morgan fingerprint density at radius 3 is 2.38 bits per heavy atom. The number of piperazine rings is 1. The van der Waals surface area contributed by atoms with Gasteiger partial charge in [-0.3, -0.25) is 9.78 Å². The first-order valence-electron chi connectivity index (χ1n) is 8.73. The van der Waals surface area contributed by atoms with Crippen molar-refractivity contribution in [3.8, 4) is 0 Å². The van der Waals surface area contributed by atoms with Crippen LogP contribution >= 0.6 is 0 Å². The lowest BCUT2D eigenvalue weighted by Crippen LogP contribution is -2.44. The second-order valence-electron chi connectivity index (χ2n) is 5.60. The SMILES string of the molecule is CCCC(N)=O.CCCc1c(N2CCNCC2)ccnc1C.CO. The predicted octanol–water partition coefficient (Wildman–Crippen LogP) is 1.63. The minimum atomic E-state index is -0.211. The van der Waals surface area contributed by atoms with Gasteiger partial charge in [0.2, 0.25) is 5.91 Å². The van der Waals surface area contributed by atoms with Crippen LogP contribution in [0, 0.1) is 6.92 Å². The first-order chi connectivity index (χ1) is 11.6. The Balaban J connectivity index is 0.000000563. The molecule has 2 heterocycles. The molecule has 0 unspecified atom stereocenters. The lowest BCUT2D eigenvalue weighted by Gasteiger charge is -2.31. The third-order valence-corrected chi connectivity index (χ3v) is 3.70. The Kier molecular flexibility index (Phi) is 12.8. The van der Waals surface area contributed by atoms with Gasteiger partial charge in [0.25, 0.3) is 0 Å². The fourth-order valence-corrected chi connectivity index (χ4v) is 2.59. The number of hydrogen-bond donors (Lipinski definition) is 3. The van der Waals surface area contributed by atoms with E-state index in [1.807, 2.05) is 13.1 Å². The van der Waals surface area contributed by atoms with Crippen molar-refractivity contribution in [3.05, 3.63) is 23.5 Å². The molecule has 138 valence electrons. The van der Waals surface area contributed by atoms with Crippen LogP contribution in [-0.4, -0.2) is 49.3 Å². The van der Waals surface area contributed by atoms with Gasteiger partial charge in [0.05, 0.1) is 0 Å². The maximum atomic E-state index is 9.82. The molecule has 1 aromatic rings. The number of aliphatic hydroxyl groups is 1. The van der Waals surface area contributed by atoms with Gasteiger partial charge in [0, 0.05) is 57.3 Å². The Labute approximate surface area is 146 Å². The van der Waals surface area contributed by atoms with Crippen LogP contribution in [0.1, 0.15) is 44.4 Å². The lowest BCUT2D eigenvalue weighted by atomic mass is 10.1. The first kappa shape index (κ1) is 22.3. The fourth-order valence-electron chi connectivity index (χ4n) is 2.59. The summed E-state index contributed by atoms with van der Waals surface area (Å²) in [5.74, 6) is -0.211. The van der Waals surface area contributed by atoms with Gasteiger partial charge in [-0.2, -0.15) is 0 Å². The number of amides is 1. The van der Waals surface area contributed by atoms with Crippen molar-refractivity contribution >= 4 is 11.6 Å². The molecule has 0 aromatic carbocycles. The highest BCUT2D eigenvalue weighted by atomic mass is 16.2. The predicted molar refractivity (Wildman–Crippen MR) is 100 cm³/mol. The molecule has 1 aliphatic heterocycles. The first-order valence-corrected chi connectivity index (χ1v) is 8.73. The zero-order valence-electron chi connectivity index (χ0n) is 15.6. The quantitative estimate of drug-likeness (QED) is 0.759. The van der Waals surface area contributed by atoms with Gasteiger partial charge in [-0.15, -0.1) is 0 Å². The van der Waals surface area contributed by atoms with Crippen molar-refractivity contribution in [1.82, 2.24) is 10.3 Å². The van der Waals surface area contributed by atoms with Crippen LogP contribution in [0.25, 0.3) is 0 Å². The van der Waals surface area contributed by atoms with Gasteiger partial charge in [-0.05, 0) is 31.4 Å². The Morgan fingerprint density at radius 2 is 1.92 bits per heavy atom. The van der Waals surface area contributed by atoms with E-state index in [1.165, 1.54) is 23.4 Å². The molecule has 24 heavy (non-hydrogen) atoms.